The van der Waals surface area contributed by atoms with Gasteiger partial charge < -0.3 is 0 Å². The Morgan fingerprint density at radius 2 is 1.34 bits per heavy atom. The number of carbonyl (C=O) groups excluding carboxylic acids is 2. The predicted molar refractivity (Wildman–Crippen MR) is 125 cm³/mol. The summed E-state index contributed by atoms with van der Waals surface area (Å²) in [7, 11) is -3.69. The first-order chi connectivity index (χ1) is 15.3. The van der Waals surface area contributed by atoms with E-state index in [0.29, 0.717) is 18.7 Å². The molecule has 2 amide bonds. The highest BCUT2D eigenvalue weighted by molar-refractivity contribution is 7.89. The predicted octanol–water partition coefficient (Wildman–Crippen LogP) is 2.63. The largest absolute Gasteiger partial charge is 0.300 e. The molecule has 0 aliphatic rings. The van der Waals surface area contributed by atoms with Crippen molar-refractivity contribution in [2.24, 2.45) is 0 Å². The lowest BCUT2D eigenvalue weighted by molar-refractivity contribution is 0.0846. The Hall–Kier alpha value is -2.75. The summed E-state index contributed by atoms with van der Waals surface area (Å²) in [6.07, 6.45) is 0. The van der Waals surface area contributed by atoms with Crippen LogP contribution in [0.5, 0.6) is 0 Å². The van der Waals surface area contributed by atoms with Gasteiger partial charge in [-0.05, 0) is 49.0 Å². The first kappa shape index (κ1) is 25.5. The van der Waals surface area contributed by atoms with Crippen LogP contribution in [0.3, 0.4) is 0 Å². The van der Waals surface area contributed by atoms with E-state index in [1.165, 1.54) is 28.6 Å². The third-order valence-electron chi connectivity index (χ3n) is 5.25. The number of nitrogens with zero attached hydrogens (tertiary/aromatic N) is 2. The summed E-state index contributed by atoms with van der Waals surface area (Å²) in [5, 5.41) is 0. The molecule has 0 bridgehead atoms. The average molecular weight is 461 g/mol. The summed E-state index contributed by atoms with van der Waals surface area (Å²) < 4.78 is 26.7. The summed E-state index contributed by atoms with van der Waals surface area (Å²) in [5.74, 6) is -1.06. The molecular formula is C23H32N4O4S. The van der Waals surface area contributed by atoms with Gasteiger partial charge >= 0.3 is 0 Å². The van der Waals surface area contributed by atoms with E-state index in [4.69, 9.17) is 0 Å². The number of amides is 2. The van der Waals surface area contributed by atoms with Crippen molar-refractivity contribution in [2.45, 2.75) is 39.1 Å². The van der Waals surface area contributed by atoms with E-state index < -0.39 is 21.8 Å². The minimum atomic E-state index is -3.69. The van der Waals surface area contributed by atoms with Gasteiger partial charge in [-0.2, -0.15) is 4.31 Å². The number of sulfonamides is 1. The van der Waals surface area contributed by atoms with Crippen molar-refractivity contribution in [3.63, 3.8) is 0 Å². The van der Waals surface area contributed by atoms with Gasteiger partial charge in [-0.15, -0.1) is 0 Å². The van der Waals surface area contributed by atoms with Crippen molar-refractivity contribution in [1.82, 2.24) is 20.1 Å². The van der Waals surface area contributed by atoms with Crippen LogP contribution in [-0.2, 0) is 16.6 Å². The molecule has 0 aliphatic heterocycles. The molecule has 0 fully saturated rings. The van der Waals surface area contributed by atoms with E-state index in [0.717, 1.165) is 25.2 Å². The molecule has 32 heavy (non-hydrogen) atoms. The molecule has 2 aromatic carbocycles. The molecule has 8 nitrogen and oxygen atoms in total. The molecule has 0 aromatic heterocycles. The van der Waals surface area contributed by atoms with E-state index >= 15 is 0 Å². The summed E-state index contributed by atoms with van der Waals surface area (Å²) in [5.41, 5.74) is 6.36. The molecule has 0 heterocycles. The lowest BCUT2D eigenvalue weighted by atomic mass is 10.1. The molecule has 0 unspecified atom stereocenters. The second-order valence-electron chi connectivity index (χ2n) is 7.18. The number of hydrogen-bond donors (Lipinski definition) is 2. The maximum Gasteiger partial charge on any atom is 0.269 e. The quantitative estimate of drug-likeness (QED) is 0.531. The Kier molecular flexibility index (Phi) is 9.37. The van der Waals surface area contributed by atoms with Crippen molar-refractivity contribution in [3.05, 3.63) is 65.2 Å². The van der Waals surface area contributed by atoms with E-state index in [1.807, 2.05) is 12.1 Å². The lowest BCUT2D eigenvalue weighted by Gasteiger charge is -2.18. The molecular weight excluding hydrogens is 428 g/mol. The number of nitrogens with one attached hydrogen (secondary N) is 2. The SMILES string of the molecule is CCN(CC)Cc1ccc(C(=O)NNC(=O)c2cccc(S(=O)(=O)N(CC)CC)c2)cc1. The number of rotatable bonds is 10. The van der Waals surface area contributed by atoms with Gasteiger partial charge in [-0.25, -0.2) is 8.42 Å². The molecule has 0 saturated heterocycles. The molecule has 0 saturated carbocycles. The van der Waals surface area contributed by atoms with E-state index in [9.17, 15) is 18.0 Å². The lowest BCUT2D eigenvalue weighted by Crippen LogP contribution is -2.41. The first-order valence-corrected chi connectivity index (χ1v) is 12.2. The molecule has 2 rings (SSSR count). The monoisotopic (exact) mass is 460 g/mol. The molecule has 2 aromatic rings. The third-order valence-corrected chi connectivity index (χ3v) is 7.29. The van der Waals surface area contributed by atoms with Crippen LogP contribution in [0.1, 0.15) is 54.0 Å². The van der Waals surface area contributed by atoms with Gasteiger partial charge in [-0.3, -0.25) is 25.3 Å². The van der Waals surface area contributed by atoms with Crippen LogP contribution in [0.4, 0.5) is 0 Å². The fraction of sp³-hybridized carbons (Fsp3) is 0.391. The maximum absolute atomic E-state index is 12.7. The van der Waals surface area contributed by atoms with E-state index in [2.05, 4.69) is 29.6 Å². The zero-order chi connectivity index (χ0) is 23.7. The number of benzene rings is 2. The summed E-state index contributed by atoms with van der Waals surface area (Å²) in [6, 6.07) is 12.9. The second kappa shape index (κ2) is 11.8. The van der Waals surface area contributed by atoms with Gasteiger partial charge in [-0.1, -0.05) is 45.9 Å². The zero-order valence-corrected chi connectivity index (χ0v) is 19.9. The minimum Gasteiger partial charge on any atom is -0.300 e. The minimum absolute atomic E-state index is 0.0315. The normalized spacial score (nSPS) is 11.6. The van der Waals surface area contributed by atoms with Crippen molar-refractivity contribution < 1.29 is 18.0 Å². The van der Waals surface area contributed by atoms with Crippen LogP contribution in [0.25, 0.3) is 0 Å². The smallest absolute Gasteiger partial charge is 0.269 e. The Morgan fingerprint density at radius 3 is 1.88 bits per heavy atom. The van der Waals surface area contributed by atoms with Crippen LogP contribution in [0, 0.1) is 0 Å². The second-order valence-corrected chi connectivity index (χ2v) is 9.12. The highest BCUT2D eigenvalue weighted by Gasteiger charge is 2.22. The Bertz CT molecular complexity index is 1010. The van der Waals surface area contributed by atoms with Crippen LogP contribution in [0.15, 0.2) is 53.4 Å². The van der Waals surface area contributed by atoms with Crippen LogP contribution in [0.2, 0.25) is 0 Å². The fourth-order valence-electron chi connectivity index (χ4n) is 3.24. The third kappa shape index (κ3) is 6.38. The molecule has 0 radical (unpaired) electrons. The van der Waals surface area contributed by atoms with Crippen molar-refractivity contribution in [3.8, 4) is 0 Å². The van der Waals surface area contributed by atoms with E-state index in [1.54, 1.807) is 26.0 Å². The molecule has 174 valence electrons. The molecule has 2 N–H and O–H groups in total. The summed E-state index contributed by atoms with van der Waals surface area (Å²) >= 11 is 0. The van der Waals surface area contributed by atoms with Gasteiger partial charge in [0, 0.05) is 30.8 Å². The van der Waals surface area contributed by atoms with Crippen LogP contribution >= 0.6 is 0 Å². The van der Waals surface area contributed by atoms with Crippen molar-refractivity contribution in [2.75, 3.05) is 26.2 Å². The Labute approximate surface area is 190 Å². The highest BCUT2D eigenvalue weighted by atomic mass is 32.2. The maximum atomic E-state index is 12.7. The molecule has 0 spiro atoms. The van der Waals surface area contributed by atoms with E-state index in [-0.39, 0.29) is 10.5 Å². The number of hydrogen-bond acceptors (Lipinski definition) is 5. The molecule has 9 heteroatoms. The standard InChI is InChI=1S/C23H32N4O4S/c1-5-26(6-2)17-18-12-14-19(15-13-18)22(28)24-25-23(29)20-10-9-11-21(16-20)32(30,31)27(7-3)8-4/h9-16H,5-8,17H2,1-4H3,(H,24,28)(H,25,29). The van der Waals surface area contributed by atoms with Crippen LogP contribution in [-0.4, -0.2) is 55.6 Å². The average Bonchev–Trinajstić information content (AvgIpc) is 2.81. The Balaban J connectivity index is 2.03. The zero-order valence-electron chi connectivity index (χ0n) is 19.1. The van der Waals surface area contributed by atoms with Crippen molar-refractivity contribution >= 4 is 21.8 Å². The topological polar surface area (TPSA) is 98.8 Å². The van der Waals surface area contributed by atoms with Gasteiger partial charge in [0.05, 0.1) is 4.90 Å². The molecule has 0 aliphatic carbocycles. The van der Waals surface area contributed by atoms with Gasteiger partial charge in [0.15, 0.2) is 0 Å². The number of carbonyl (C=O) groups is 2. The van der Waals surface area contributed by atoms with Crippen molar-refractivity contribution in [1.29, 1.82) is 0 Å². The van der Waals surface area contributed by atoms with Gasteiger partial charge in [0.1, 0.15) is 0 Å². The first-order valence-electron chi connectivity index (χ1n) is 10.8. The summed E-state index contributed by atoms with van der Waals surface area (Å²) in [6.45, 7) is 11.1. The van der Waals surface area contributed by atoms with Gasteiger partial charge in [0.2, 0.25) is 10.0 Å². The number of hydrazine groups is 1. The van der Waals surface area contributed by atoms with Gasteiger partial charge in [0.25, 0.3) is 11.8 Å². The fourth-order valence-corrected chi connectivity index (χ4v) is 4.74. The molecule has 0 atom stereocenters. The Morgan fingerprint density at radius 1 is 0.781 bits per heavy atom. The summed E-state index contributed by atoms with van der Waals surface area (Å²) in [4.78, 5) is 27.2. The highest BCUT2D eigenvalue weighted by Crippen LogP contribution is 2.17. The van der Waals surface area contributed by atoms with Crippen LogP contribution < -0.4 is 10.9 Å².